The zero-order valence-electron chi connectivity index (χ0n) is 17.7. The maximum atomic E-state index is 14.2. The molecule has 0 aliphatic carbocycles. The SMILES string of the molecule is N#Cc1ccc(N2CCN(CC(=O)Nc3ccc(N4CCCCC4)cc3)CC2)c(F)c1. The molecule has 4 rings (SSSR count). The number of nitrogens with zero attached hydrogens (tertiary/aromatic N) is 4. The van der Waals surface area contributed by atoms with E-state index < -0.39 is 0 Å². The fraction of sp³-hybridized carbons (Fsp3) is 0.417. The molecule has 2 aromatic rings. The van der Waals surface area contributed by atoms with Crippen molar-refractivity contribution in [2.24, 2.45) is 0 Å². The average molecular weight is 422 g/mol. The molecule has 1 N–H and O–H groups in total. The quantitative estimate of drug-likeness (QED) is 0.801. The van der Waals surface area contributed by atoms with Crippen LogP contribution in [0.4, 0.5) is 21.5 Å². The summed E-state index contributed by atoms with van der Waals surface area (Å²) < 4.78 is 14.2. The summed E-state index contributed by atoms with van der Waals surface area (Å²) in [5, 5.41) is 11.9. The lowest BCUT2D eigenvalue weighted by Gasteiger charge is -2.35. The van der Waals surface area contributed by atoms with Crippen molar-refractivity contribution in [2.45, 2.75) is 19.3 Å². The van der Waals surface area contributed by atoms with Crippen LogP contribution >= 0.6 is 0 Å². The molecule has 0 bridgehead atoms. The van der Waals surface area contributed by atoms with E-state index in [-0.39, 0.29) is 11.7 Å². The van der Waals surface area contributed by atoms with E-state index in [1.54, 1.807) is 12.1 Å². The van der Waals surface area contributed by atoms with Crippen LogP contribution in [0.15, 0.2) is 42.5 Å². The fourth-order valence-electron chi connectivity index (χ4n) is 4.29. The van der Waals surface area contributed by atoms with Crippen molar-refractivity contribution in [1.29, 1.82) is 5.26 Å². The summed E-state index contributed by atoms with van der Waals surface area (Å²) in [5.74, 6) is -0.415. The molecule has 2 aliphatic heterocycles. The maximum absolute atomic E-state index is 14.2. The number of nitrogens with one attached hydrogen (secondary N) is 1. The van der Waals surface area contributed by atoms with Crippen LogP contribution in [0.1, 0.15) is 24.8 Å². The highest BCUT2D eigenvalue weighted by Crippen LogP contribution is 2.23. The van der Waals surface area contributed by atoms with E-state index in [2.05, 4.69) is 27.2 Å². The van der Waals surface area contributed by atoms with Crippen molar-refractivity contribution < 1.29 is 9.18 Å². The van der Waals surface area contributed by atoms with Crippen LogP contribution in [0.25, 0.3) is 0 Å². The Hall–Kier alpha value is -3.11. The first kappa shape index (κ1) is 21.1. The Labute approximate surface area is 182 Å². The van der Waals surface area contributed by atoms with E-state index in [0.717, 1.165) is 18.8 Å². The molecular formula is C24H28FN5O. The minimum absolute atomic E-state index is 0.0382. The first-order valence-electron chi connectivity index (χ1n) is 10.9. The van der Waals surface area contributed by atoms with Crippen LogP contribution in [0.2, 0.25) is 0 Å². The van der Waals surface area contributed by atoms with Crippen LogP contribution in [0, 0.1) is 17.1 Å². The van der Waals surface area contributed by atoms with Crippen molar-refractivity contribution in [2.75, 3.05) is 60.9 Å². The molecular weight excluding hydrogens is 393 g/mol. The van der Waals surface area contributed by atoms with Crippen molar-refractivity contribution in [1.82, 2.24) is 4.90 Å². The van der Waals surface area contributed by atoms with E-state index in [0.29, 0.717) is 44.0 Å². The number of nitriles is 1. The number of halogens is 1. The predicted octanol–water partition coefficient (Wildman–Crippen LogP) is 3.45. The monoisotopic (exact) mass is 421 g/mol. The number of amides is 1. The Kier molecular flexibility index (Phi) is 6.68. The minimum atomic E-state index is -0.377. The van der Waals surface area contributed by atoms with Gasteiger partial charge in [0, 0.05) is 50.6 Å². The van der Waals surface area contributed by atoms with Crippen molar-refractivity contribution in [3.05, 3.63) is 53.8 Å². The molecule has 2 aromatic carbocycles. The Morgan fingerprint density at radius 1 is 0.935 bits per heavy atom. The predicted molar refractivity (Wildman–Crippen MR) is 121 cm³/mol. The molecule has 7 heteroatoms. The summed E-state index contributed by atoms with van der Waals surface area (Å²) in [6.07, 6.45) is 3.79. The third-order valence-electron chi connectivity index (χ3n) is 6.03. The highest BCUT2D eigenvalue weighted by atomic mass is 19.1. The normalized spacial score (nSPS) is 17.3. The largest absolute Gasteiger partial charge is 0.372 e. The van der Waals surface area contributed by atoms with Gasteiger partial charge in [-0.05, 0) is 61.7 Å². The summed E-state index contributed by atoms with van der Waals surface area (Å²) in [4.78, 5) is 18.9. The number of anilines is 3. The molecule has 6 nitrogen and oxygen atoms in total. The van der Waals surface area contributed by atoms with Gasteiger partial charge in [-0.1, -0.05) is 0 Å². The van der Waals surface area contributed by atoms with Crippen LogP contribution in [-0.4, -0.2) is 56.6 Å². The van der Waals surface area contributed by atoms with Gasteiger partial charge in [0.2, 0.25) is 5.91 Å². The van der Waals surface area contributed by atoms with Crippen LogP contribution in [0.3, 0.4) is 0 Å². The Bertz CT molecular complexity index is 941. The van der Waals surface area contributed by atoms with Gasteiger partial charge < -0.3 is 15.1 Å². The summed E-state index contributed by atoms with van der Waals surface area (Å²) >= 11 is 0. The van der Waals surface area contributed by atoms with E-state index in [4.69, 9.17) is 5.26 Å². The third-order valence-corrected chi connectivity index (χ3v) is 6.03. The Morgan fingerprint density at radius 3 is 2.29 bits per heavy atom. The van der Waals surface area contributed by atoms with Gasteiger partial charge in [0.1, 0.15) is 5.82 Å². The first-order chi connectivity index (χ1) is 15.1. The molecule has 2 aliphatic rings. The molecule has 0 radical (unpaired) electrons. The van der Waals surface area contributed by atoms with Crippen LogP contribution < -0.4 is 15.1 Å². The highest BCUT2D eigenvalue weighted by Gasteiger charge is 2.21. The molecule has 0 spiro atoms. The average Bonchev–Trinajstić information content (AvgIpc) is 2.80. The number of piperidine rings is 1. The molecule has 162 valence electrons. The summed E-state index contributed by atoms with van der Waals surface area (Å²) in [7, 11) is 0. The van der Waals surface area contributed by atoms with E-state index >= 15 is 0 Å². The van der Waals surface area contributed by atoms with Crippen LogP contribution in [-0.2, 0) is 4.79 Å². The van der Waals surface area contributed by atoms with Gasteiger partial charge in [0.25, 0.3) is 0 Å². The second kappa shape index (κ2) is 9.80. The lowest BCUT2D eigenvalue weighted by atomic mass is 10.1. The van der Waals surface area contributed by atoms with E-state index in [9.17, 15) is 9.18 Å². The zero-order valence-corrected chi connectivity index (χ0v) is 17.7. The van der Waals surface area contributed by atoms with Gasteiger partial charge in [-0.15, -0.1) is 0 Å². The van der Waals surface area contributed by atoms with Gasteiger partial charge in [0.05, 0.1) is 23.9 Å². The minimum Gasteiger partial charge on any atom is -0.372 e. The van der Waals surface area contributed by atoms with Gasteiger partial charge in [-0.25, -0.2) is 4.39 Å². The molecule has 0 saturated carbocycles. The zero-order chi connectivity index (χ0) is 21.6. The number of carbonyl (C=O) groups excluding carboxylic acids is 1. The topological polar surface area (TPSA) is 62.6 Å². The molecule has 2 heterocycles. The second-order valence-electron chi connectivity index (χ2n) is 8.18. The number of hydrogen-bond donors (Lipinski definition) is 1. The highest BCUT2D eigenvalue weighted by molar-refractivity contribution is 5.92. The van der Waals surface area contributed by atoms with Crippen LogP contribution in [0.5, 0.6) is 0 Å². The second-order valence-corrected chi connectivity index (χ2v) is 8.18. The Morgan fingerprint density at radius 2 is 1.65 bits per heavy atom. The molecule has 2 fully saturated rings. The number of rotatable bonds is 5. The molecule has 2 saturated heterocycles. The number of benzene rings is 2. The molecule has 1 amide bonds. The molecule has 0 aromatic heterocycles. The maximum Gasteiger partial charge on any atom is 0.238 e. The molecule has 31 heavy (non-hydrogen) atoms. The summed E-state index contributed by atoms with van der Waals surface area (Å²) in [6.45, 7) is 5.16. The van der Waals surface area contributed by atoms with Gasteiger partial charge >= 0.3 is 0 Å². The van der Waals surface area contributed by atoms with E-state index in [1.165, 1.54) is 31.0 Å². The van der Waals surface area contributed by atoms with Crippen molar-refractivity contribution >= 4 is 23.0 Å². The first-order valence-corrected chi connectivity index (χ1v) is 10.9. The number of carbonyl (C=O) groups is 1. The molecule has 0 atom stereocenters. The number of hydrogen-bond acceptors (Lipinski definition) is 5. The van der Waals surface area contributed by atoms with Gasteiger partial charge in [0.15, 0.2) is 0 Å². The lowest BCUT2D eigenvalue weighted by Crippen LogP contribution is -2.48. The van der Waals surface area contributed by atoms with Crippen molar-refractivity contribution in [3.63, 3.8) is 0 Å². The van der Waals surface area contributed by atoms with Crippen molar-refractivity contribution in [3.8, 4) is 6.07 Å². The fourth-order valence-corrected chi connectivity index (χ4v) is 4.29. The Balaban J connectivity index is 1.25. The smallest absolute Gasteiger partial charge is 0.238 e. The standard InChI is InChI=1S/C24H28FN5O/c25-22-16-19(17-26)4-9-23(22)30-14-12-28(13-15-30)18-24(31)27-20-5-7-21(8-6-20)29-10-2-1-3-11-29/h4-9,16H,1-3,10-15,18H2,(H,27,31). The van der Waals surface area contributed by atoms with Gasteiger partial charge in [-0.2, -0.15) is 5.26 Å². The van der Waals surface area contributed by atoms with Gasteiger partial charge in [-0.3, -0.25) is 9.69 Å². The number of piperazine rings is 1. The van der Waals surface area contributed by atoms with E-state index in [1.807, 2.05) is 23.1 Å². The molecule has 0 unspecified atom stereocenters. The third kappa shape index (κ3) is 5.33. The lowest BCUT2D eigenvalue weighted by molar-refractivity contribution is -0.117. The summed E-state index contributed by atoms with van der Waals surface area (Å²) in [5.41, 5.74) is 2.85. The summed E-state index contributed by atoms with van der Waals surface area (Å²) in [6, 6.07) is 14.6.